The van der Waals surface area contributed by atoms with Crippen molar-refractivity contribution in [2.24, 2.45) is 5.92 Å². The van der Waals surface area contributed by atoms with Crippen molar-refractivity contribution in [2.45, 2.75) is 39.2 Å². The number of halogens is 1. The molecule has 1 aromatic carbocycles. The van der Waals surface area contributed by atoms with Crippen LogP contribution in [0.15, 0.2) is 28.7 Å². The van der Waals surface area contributed by atoms with Crippen LogP contribution < -0.4 is 5.32 Å². The molecule has 2 N–H and O–H groups in total. The van der Waals surface area contributed by atoms with E-state index in [1.54, 1.807) is 0 Å². The Morgan fingerprint density at radius 3 is 2.68 bits per heavy atom. The number of aryl methyl sites for hydroxylation is 1. The van der Waals surface area contributed by atoms with Crippen LogP contribution in [0.2, 0.25) is 0 Å². The molecule has 3 nitrogen and oxygen atoms in total. The molecule has 1 unspecified atom stereocenters. The summed E-state index contributed by atoms with van der Waals surface area (Å²) in [5.74, 6) is 0.267. The fourth-order valence-corrected chi connectivity index (χ4v) is 2.21. The van der Waals surface area contributed by atoms with Crippen molar-refractivity contribution in [1.29, 1.82) is 0 Å². The fourth-order valence-electron chi connectivity index (χ4n) is 1.73. The van der Waals surface area contributed by atoms with Crippen LogP contribution in [-0.4, -0.2) is 23.7 Å². The van der Waals surface area contributed by atoms with Crippen LogP contribution in [-0.2, 0) is 11.2 Å². The van der Waals surface area contributed by atoms with Gasteiger partial charge >= 0.3 is 0 Å². The summed E-state index contributed by atoms with van der Waals surface area (Å²) in [5, 5.41) is 12.5. The van der Waals surface area contributed by atoms with Gasteiger partial charge in [0.15, 0.2) is 0 Å². The molecule has 0 aliphatic heterocycles. The molecule has 0 heterocycles. The third-order valence-corrected chi connectivity index (χ3v) is 3.88. The van der Waals surface area contributed by atoms with E-state index in [0.717, 1.165) is 16.5 Å². The van der Waals surface area contributed by atoms with Gasteiger partial charge in [0.1, 0.15) is 0 Å². The first-order valence-corrected chi connectivity index (χ1v) is 7.48. The molecule has 106 valence electrons. The second kappa shape index (κ2) is 8.33. The zero-order chi connectivity index (χ0) is 14.3. The first kappa shape index (κ1) is 16.2. The highest BCUT2D eigenvalue weighted by Crippen LogP contribution is 2.17. The second-order valence-electron chi connectivity index (χ2n) is 5.04. The number of aliphatic hydroxyl groups excluding tert-OH is 1. The maximum atomic E-state index is 11.7. The van der Waals surface area contributed by atoms with E-state index < -0.39 is 0 Å². The van der Waals surface area contributed by atoms with Crippen LogP contribution in [0.4, 0.5) is 0 Å². The number of benzene rings is 1. The number of rotatable bonds is 7. The van der Waals surface area contributed by atoms with Gasteiger partial charge < -0.3 is 10.4 Å². The molecule has 0 saturated carbocycles. The summed E-state index contributed by atoms with van der Waals surface area (Å²) in [6, 6.07) is 7.92. The van der Waals surface area contributed by atoms with Crippen LogP contribution >= 0.6 is 15.9 Å². The average Bonchev–Trinajstić information content (AvgIpc) is 2.37. The molecule has 1 atom stereocenters. The van der Waals surface area contributed by atoms with E-state index in [4.69, 9.17) is 0 Å². The first-order chi connectivity index (χ1) is 9.00. The molecule has 1 amide bonds. The molecule has 1 aromatic rings. The largest absolute Gasteiger partial charge is 0.393 e. The molecule has 19 heavy (non-hydrogen) atoms. The Hall–Kier alpha value is -0.870. The van der Waals surface area contributed by atoms with Crippen molar-refractivity contribution in [3.63, 3.8) is 0 Å². The molecular weight excluding hydrogens is 306 g/mol. The SMILES string of the molecule is CC(C)C(O)CCNC(=O)CCc1ccccc1Br. The van der Waals surface area contributed by atoms with Crippen LogP contribution in [0.1, 0.15) is 32.3 Å². The van der Waals surface area contributed by atoms with Gasteiger partial charge in [-0.1, -0.05) is 48.0 Å². The highest BCUT2D eigenvalue weighted by molar-refractivity contribution is 9.10. The van der Waals surface area contributed by atoms with Crippen molar-refractivity contribution in [2.75, 3.05) is 6.54 Å². The molecule has 4 heteroatoms. The minimum atomic E-state index is -0.344. The predicted octanol–water partition coefficient (Wildman–Crippen LogP) is 2.90. The van der Waals surface area contributed by atoms with Crippen molar-refractivity contribution >= 4 is 21.8 Å². The van der Waals surface area contributed by atoms with E-state index >= 15 is 0 Å². The Bertz CT molecular complexity index is 407. The van der Waals surface area contributed by atoms with E-state index in [9.17, 15) is 9.90 Å². The molecule has 0 aromatic heterocycles. The lowest BCUT2D eigenvalue weighted by atomic mass is 10.0. The monoisotopic (exact) mass is 327 g/mol. The van der Waals surface area contributed by atoms with Crippen LogP contribution in [0.3, 0.4) is 0 Å². The first-order valence-electron chi connectivity index (χ1n) is 6.69. The van der Waals surface area contributed by atoms with E-state index in [-0.39, 0.29) is 17.9 Å². The summed E-state index contributed by atoms with van der Waals surface area (Å²) in [6.45, 7) is 4.48. The molecule has 0 aliphatic carbocycles. The predicted molar refractivity (Wildman–Crippen MR) is 80.9 cm³/mol. The van der Waals surface area contributed by atoms with Crippen molar-refractivity contribution in [1.82, 2.24) is 5.32 Å². The molecule has 0 spiro atoms. The van der Waals surface area contributed by atoms with Crippen LogP contribution in [0.5, 0.6) is 0 Å². The van der Waals surface area contributed by atoms with E-state index in [1.165, 1.54) is 0 Å². The normalized spacial score (nSPS) is 12.5. The maximum absolute atomic E-state index is 11.7. The fraction of sp³-hybridized carbons (Fsp3) is 0.533. The summed E-state index contributed by atoms with van der Waals surface area (Å²) >= 11 is 3.47. The van der Waals surface area contributed by atoms with Gasteiger partial charge in [-0.05, 0) is 30.4 Å². The summed E-state index contributed by atoms with van der Waals surface area (Å²) in [4.78, 5) is 11.7. The third-order valence-electron chi connectivity index (χ3n) is 3.11. The molecule has 0 bridgehead atoms. The van der Waals surface area contributed by atoms with Gasteiger partial charge in [0, 0.05) is 17.4 Å². The van der Waals surface area contributed by atoms with Gasteiger partial charge in [-0.15, -0.1) is 0 Å². The standard InChI is InChI=1S/C15H22BrNO2/c1-11(2)14(18)9-10-17-15(19)8-7-12-5-3-4-6-13(12)16/h3-6,11,14,18H,7-10H2,1-2H3,(H,17,19). The number of hydrogen-bond donors (Lipinski definition) is 2. The Morgan fingerprint density at radius 1 is 1.37 bits per heavy atom. The zero-order valence-electron chi connectivity index (χ0n) is 11.5. The van der Waals surface area contributed by atoms with Crippen LogP contribution in [0, 0.1) is 5.92 Å². The Balaban J connectivity index is 2.24. The number of aliphatic hydroxyl groups is 1. The summed E-state index contributed by atoms with van der Waals surface area (Å²) in [7, 11) is 0. The number of carbonyl (C=O) groups is 1. The van der Waals surface area contributed by atoms with Crippen molar-refractivity contribution in [3.05, 3.63) is 34.3 Å². The van der Waals surface area contributed by atoms with Gasteiger partial charge in [-0.3, -0.25) is 4.79 Å². The molecule has 0 saturated heterocycles. The Labute approximate surface area is 123 Å². The lowest BCUT2D eigenvalue weighted by molar-refractivity contribution is -0.121. The third kappa shape index (κ3) is 6.21. The number of amides is 1. The highest BCUT2D eigenvalue weighted by Gasteiger charge is 2.09. The van der Waals surface area contributed by atoms with E-state index in [1.807, 2.05) is 38.1 Å². The minimum absolute atomic E-state index is 0.0340. The van der Waals surface area contributed by atoms with Crippen molar-refractivity contribution in [3.8, 4) is 0 Å². The number of carbonyl (C=O) groups excluding carboxylic acids is 1. The van der Waals surface area contributed by atoms with E-state index in [2.05, 4.69) is 21.2 Å². The topological polar surface area (TPSA) is 49.3 Å². The van der Waals surface area contributed by atoms with Gasteiger partial charge in [-0.2, -0.15) is 0 Å². The minimum Gasteiger partial charge on any atom is -0.393 e. The van der Waals surface area contributed by atoms with Crippen LogP contribution in [0.25, 0.3) is 0 Å². The summed E-state index contributed by atoms with van der Waals surface area (Å²) in [5.41, 5.74) is 1.14. The lowest BCUT2D eigenvalue weighted by Crippen LogP contribution is -2.28. The summed E-state index contributed by atoms with van der Waals surface area (Å²) < 4.78 is 1.04. The molecule has 0 aliphatic rings. The molecule has 1 rings (SSSR count). The van der Waals surface area contributed by atoms with Gasteiger partial charge in [0.2, 0.25) is 5.91 Å². The second-order valence-corrected chi connectivity index (χ2v) is 5.90. The zero-order valence-corrected chi connectivity index (χ0v) is 13.1. The van der Waals surface area contributed by atoms with E-state index in [0.29, 0.717) is 19.4 Å². The smallest absolute Gasteiger partial charge is 0.220 e. The molecular formula is C15H22BrNO2. The van der Waals surface area contributed by atoms with Gasteiger partial charge in [-0.25, -0.2) is 0 Å². The quantitative estimate of drug-likeness (QED) is 0.809. The number of hydrogen-bond acceptors (Lipinski definition) is 2. The summed E-state index contributed by atoms with van der Waals surface area (Å²) in [6.07, 6.45) is 1.46. The lowest BCUT2D eigenvalue weighted by Gasteiger charge is -2.14. The molecule has 0 radical (unpaired) electrons. The Kier molecular flexibility index (Phi) is 7.10. The number of nitrogens with one attached hydrogen (secondary N) is 1. The van der Waals surface area contributed by atoms with Crippen molar-refractivity contribution < 1.29 is 9.90 Å². The average molecular weight is 328 g/mol. The molecule has 0 fully saturated rings. The highest BCUT2D eigenvalue weighted by atomic mass is 79.9. The van der Waals surface area contributed by atoms with Gasteiger partial charge in [0.05, 0.1) is 6.10 Å². The maximum Gasteiger partial charge on any atom is 0.220 e. The Morgan fingerprint density at radius 2 is 2.05 bits per heavy atom. The van der Waals surface area contributed by atoms with Gasteiger partial charge in [0.25, 0.3) is 0 Å².